The van der Waals surface area contributed by atoms with Crippen LogP contribution in [0.5, 0.6) is 0 Å². The van der Waals surface area contributed by atoms with Crippen molar-refractivity contribution in [3.05, 3.63) is 12.5 Å². The molecule has 3 rings (SSSR count). The number of guanidine groups is 1. The largest absolute Gasteiger partial charge is 0.367 e. The van der Waals surface area contributed by atoms with Crippen molar-refractivity contribution in [3.63, 3.8) is 0 Å². The lowest BCUT2D eigenvalue weighted by Crippen LogP contribution is -2.42. The Labute approximate surface area is 158 Å². The molecule has 1 aliphatic rings. The van der Waals surface area contributed by atoms with Gasteiger partial charge in [-0.15, -0.1) is 0 Å². The highest BCUT2D eigenvalue weighted by molar-refractivity contribution is 5.86. The third-order valence-corrected chi connectivity index (χ3v) is 4.21. The highest BCUT2D eigenvalue weighted by Crippen LogP contribution is 2.28. The van der Waals surface area contributed by atoms with Gasteiger partial charge in [0.2, 0.25) is 5.91 Å². The van der Waals surface area contributed by atoms with Gasteiger partial charge < -0.3 is 21.3 Å². The zero-order valence-electron chi connectivity index (χ0n) is 15.8. The Bertz CT molecular complexity index is 797. The normalized spacial score (nSPS) is 14.2. The third-order valence-electron chi connectivity index (χ3n) is 4.21. The molecule has 0 bridgehead atoms. The molecule has 0 unspecified atom stereocenters. The summed E-state index contributed by atoms with van der Waals surface area (Å²) in [4.78, 5) is 24.6. The second-order valence-electron chi connectivity index (χ2n) is 6.41. The van der Waals surface area contributed by atoms with E-state index in [4.69, 9.17) is 0 Å². The Morgan fingerprint density at radius 3 is 2.81 bits per heavy atom. The number of nitrogens with zero attached hydrogens (tertiary/aromatic N) is 5. The molecule has 0 saturated heterocycles. The quantitative estimate of drug-likeness (QED) is 0.274. The molecule has 0 spiro atoms. The molecule has 10 heteroatoms. The van der Waals surface area contributed by atoms with Gasteiger partial charge in [-0.25, -0.2) is 9.97 Å². The molecular formula is C17H27N9O. The van der Waals surface area contributed by atoms with Crippen LogP contribution in [0, 0.1) is 5.92 Å². The van der Waals surface area contributed by atoms with Gasteiger partial charge in [-0.1, -0.05) is 0 Å². The average molecular weight is 373 g/mol. The van der Waals surface area contributed by atoms with E-state index in [2.05, 4.69) is 41.3 Å². The maximum absolute atomic E-state index is 11.6. The van der Waals surface area contributed by atoms with Crippen molar-refractivity contribution in [2.45, 2.75) is 19.8 Å². The van der Waals surface area contributed by atoms with Crippen molar-refractivity contribution in [2.24, 2.45) is 18.0 Å². The van der Waals surface area contributed by atoms with E-state index in [0.717, 1.165) is 42.2 Å². The maximum Gasteiger partial charge on any atom is 0.223 e. The minimum Gasteiger partial charge on any atom is -0.367 e. The number of aliphatic imine (C=N–C) groups is 1. The van der Waals surface area contributed by atoms with Gasteiger partial charge in [0.05, 0.1) is 18.1 Å². The highest BCUT2D eigenvalue weighted by Gasteiger charge is 2.28. The van der Waals surface area contributed by atoms with E-state index in [-0.39, 0.29) is 11.8 Å². The Hall–Kier alpha value is -2.91. The Morgan fingerprint density at radius 1 is 1.22 bits per heavy atom. The van der Waals surface area contributed by atoms with Crippen LogP contribution in [0.15, 0.2) is 17.5 Å². The van der Waals surface area contributed by atoms with E-state index >= 15 is 0 Å². The molecule has 1 aliphatic carbocycles. The first-order valence-electron chi connectivity index (χ1n) is 9.35. The minimum atomic E-state index is 0.162. The van der Waals surface area contributed by atoms with Gasteiger partial charge in [0, 0.05) is 39.1 Å². The van der Waals surface area contributed by atoms with Gasteiger partial charge in [-0.05, 0) is 19.8 Å². The second kappa shape index (κ2) is 9.15. The Kier molecular flexibility index (Phi) is 6.39. The van der Waals surface area contributed by atoms with Gasteiger partial charge in [0.15, 0.2) is 11.6 Å². The van der Waals surface area contributed by atoms with Crippen molar-refractivity contribution in [1.29, 1.82) is 0 Å². The minimum absolute atomic E-state index is 0.162. The molecule has 2 aromatic rings. The smallest absolute Gasteiger partial charge is 0.223 e. The number of amides is 1. The first-order chi connectivity index (χ1) is 13.2. The molecule has 10 nitrogen and oxygen atoms in total. The lowest BCUT2D eigenvalue weighted by Gasteiger charge is -2.12. The number of rotatable bonds is 9. The van der Waals surface area contributed by atoms with Crippen LogP contribution in [0.2, 0.25) is 0 Å². The summed E-state index contributed by atoms with van der Waals surface area (Å²) in [6.45, 7) is 5.24. The second-order valence-corrected chi connectivity index (χ2v) is 6.41. The predicted molar refractivity (Wildman–Crippen MR) is 105 cm³/mol. The van der Waals surface area contributed by atoms with Crippen LogP contribution in [0.4, 0.5) is 5.82 Å². The topological polar surface area (TPSA) is 121 Å². The molecular weight excluding hydrogens is 346 g/mol. The fraction of sp³-hybridized carbons (Fsp3) is 0.588. The molecule has 0 aliphatic heterocycles. The molecule has 1 saturated carbocycles. The van der Waals surface area contributed by atoms with Gasteiger partial charge in [0.1, 0.15) is 12.1 Å². The number of hydrogen-bond donors (Lipinski definition) is 4. The van der Waals surface area contributed by atoms with E-state index < -0.39 is 0 Å². The van der Waals surface area contributed by atoms with Crippen LogP contribution < -0.4 is 21.3 Å². The summed E-state index contributed by atoms with van der Waals surface area (Å²) < 4.78 is 1.72. The molecule has 0 aromatic carbocycles. The summed E-state index contributed by atoms with van der Waals surface area (Å²) in [7, 11) is 1.85. The zero-order valence-corrected chi connectivity index (χ0v) is 15.8. The zero-order chi connectivity index (χ0) is 19.1. The number of hydrogen-bond acceptors (Lipinski definition) is 6. The van der Waals surface area contributed by atoms with Crippen molar-refractivity contribution in [1.82, 2.24) is 35.7 Å². The van der Waals surface area contributed by atoms with Crippen LogP contribution in [0.25, 0.3) is 11.0 Å². The molecule has 2 aromatic heterocycles. The first kappa shape index (κ1) is 18.9. The van der Waals surface area contributed by atoms with E-state index in [1.165, 1.54) is 6.33 Å². The lowest BCUT2D eigenvalue weighted by atomic mass is 10.4. The summed E-state index contributed by atoms with van der Waals surface area (Å²) in [6, 6.07) is 0. The summed E-state index contributed by atoms with van der Waals surface area (Å²) >= 11 is 0. The van der Waals surface area contributed by atoms with Gasteiger partial charge >= 0.3 is 0 Å². The van der Waals surface area contributed by atoms with Crippen LogP contribution in [0.1, 0.15) is 19.8 Å². The van der Waals surface area contributed by atoms with E-state index in [1.54, 1.807) is 10.9 Å². The van der Waals surface area contributed by atoms with Crippen LogP contribution in [-0.2, 0) is 11.8 Å². The molecule has 2 heterocycles. The number of anilines is 1. The summed E-state index contributed by atoms with van der Waals surface area (Å²) in [5, 5.41) is 17.7. The standard InChI is InChI=1S/C17H27N9O/c1-3-18-17(22-9-7-20-16(27)12-4-5-12)21-8-6-19-14-13-10-25-26(2)15(13)24-11-23-14/h10-12H,3-9H2,1-2H3,(H,20,27)(H2,18,21,22)(H,19,23,24). The Balaban J connectivity index is 1.43. The average Bonchev–Trinajstić information content (AvgIpc) is 3.46. The van der Waals surface area contributed by atoms with Gasteiger partial charge in [0.25, 0.3) is 0 Å². The monoisotopic (exact) mass is 373 g/mol. The molecule has 4 N–H and O–H groups in total. The fourth-order valence-corrected chi connectivity index (χ4v) is 2.64. The van der Waals surface area contributed by atoms with E-state index in [0.29, 0.717) is 26.2 Å². The molecule has 27 heavy (non-hydrogen) atoms. The van der Waals surface area contributed by atoms with Crippen molar-refractivity contribution < 1.29 is 4.79 Å². The highest BCUT2D eigenvalue weighted by atomic mass is 16.2. The van der Waals surface area contributed by atoms with Crippen molar-refractivity contribution in [3.8, 4) is 0 Å². The summed E-state index contributed by atoms with van der Waals surface area (Å²) in [6.07, 6.45) is 5.32. The number of aryl methyl sites for hydroxylation is 1. The molecule has 146 valence electrons. The number of carbonyl (C=O) groups excluding carboxylic acids is 1. The van der Waals surface area contributed by atoms with Gasteiger partial charge in [-0.3, -0.25) is 14.5 Å². The SMILES string of the molecule is CCNC(=NCCNc1ncnc2c1cnn2C)NCCNC(=O)C1CC1. The van der Waals surface area contributed by atoms with E-state index in [1.807, 2.05) is 14.0 Å². The summed E-state index contributed by atoms with van der Waals surface area (Å²) in [5.41, 5.74) is 0.791. The molecule has 1 amide bonds. The predicted octanol–water partition coefficient (Wildman–Crippen LogP) is -0.143. The first-order valence-corrected chi connectivity index (χ1v) is 9.35. The number of fused-ring (bicyclic) bond motifs is 1. The van der Waals surface area contributed by atoms with Crippen LogP contribution >= 0.6 is 0 Å². The van der Waals surface area contributed by atoms with E-state index in [9.17, 15) is 4.79 Å². The summed E-state index contributed by atoms with van der Waals surface area (Å²) in [5.74, 6) is 1.89. The molecule has 0 atom stereocenters. The van der Waals surface area contributed by atoms with Crippen LogP contribution in [-0.4, -0.2) is 64.3 Å². The Morgan fingerprint density at radius 2 is 2.04 bits per heavy atom. The van der Waals surface area contributed by atoms with Gasteiger partial charge in [-0.2, -0.15) is 5.10 Å². The molecule has 1 fully saturated rings. The maximum atomic E-state index is 11.6. The fourth-order valence-electron chi connectivity index (χ4n) is 2.64. The van der Waals surface area contributed by atoms with Crippen molar-refractivity contribution >= 4 is 28.7 Å². The van der Waals surface area contributed by atoms with Crippen LogP contribution in [0.3, 0.4) is 0 Å². The lowest BCUT2D eigenvalue weighted by molar-refractivity contribution is -0.122. The third kappa shape index (κ3) is 5.28. The number of carbonyl (C=O) groups is 1. The van der Waals surface area contributed by atoms with Crippen molar-refractivity contribution in [2.75, 3.05) is 38.0 Å². The number of nitrogens with one attached hydrogen (secondary N) is 4. The molecule has 0 radical (unpaired) electrons. The number of aromatic nitrogens is 4.